The van der Waals surface area contributed by atoms with Crippen LogP contribution >= 0.6 is 0 Å². The molecule has 1 aliphatic rings. The second kappa shape index (κ2) is 7.19. The number of alkyl halides is 3. The number of halogens is 3. The molecule has 3 rings (SSSR count). The Morgan fingerprint density at radius 3 is 2.69 bits per heavy atom. The van der Waals surface area contributed by atoms with Crippen molar-refractivity contribution in [1.82, 2.24) is 9.97 Å². The lowest BCUT2D eigenvalue weighted by Gasteiger charge is -2.40. The smallest absolute Gasteiger partial charge is 0.404 e. The van der Waals surface area contributed by atoms with Crippen molar-refractivity contribution < 1.29 is 22.7 Å². The zero-order valence-corrected chi connectivity index (χ0v) is 13.7. The van der Waals surface area contributed by atoms with Crippen LogP contribution in [-0.4, -0.2) is 28.8 Å². The number of ether oxygens (including phenoxy) is 1. The minimum atomic E-state index is -4.80. The molecule has 0 spiro atoms. The summed E-state index contributed by atoms with van der Waals surface area (Å²) in [6, 6.07) is 7.19. The molecular formula is C17H17F3N4O2. The van der Waals surface area contributed by atoms with Crippen molar-refractivity contribution in [3.8, 4) is 5.75 Å². The summed E-state index contributed by atoms with van der Waals surface area (Å²) in [5.41, 5.74) is 6.33. The number of carbonyl (C=O) groups excluding carboxylic acids is 1. The van der Waals surface area contributed by atoms with Gasteiger partial charge in [-0.1, -0.05) is 12.1 Å². The second-order valence-electron chi connectivity index (χ2n) is 5.98. The van der Waals surface area contributed by atoms with Crippen molar-refractivity contribution in [1.29, 1.82) is 0 Å². The summed E-state index contributed by atoms with van der Waals surface area (Å²) in [4.78, 5) is 21.5. The van der Waals surface area contributed by atoms with Crippen LogP contribution in [0, 0.1) is 5.92 Å². The maximum Gasteiger partial charge on any atom is 0.573 e. The van der Waals surface area contributed by atoms with Gasteiger partial charge >= 0.3 is 6.36 Å². The van der Waals surface area contributed by atoms with Crippen LogP contribution in [0.3, 0.4) is 0 Å². The molecular weight excluding hydrogens is 349 g/mol. The van der Waals surface area contributed by atoms with Crippen LogP contribution in [-0.2, 0) is 4.79 Å². The Hall–Kier alpha value is -2.84. The third kappa shape index (κ3) is 4.04. The van der Waals surface area contributed by atoms with E-state index in [0.29, 0.717) is 25.1 Å². The van der Waals surface area contributed by atoms with Crippen LogP contribution in [0.1, 0.15) is 24.6 Å². The number of aromatic nitrogens is 2. The molecule has 26 heavy (non-hydrogen) atoms. The third-order valence-corrected chi connectivity index (χ3v) is 4.35. The van der Waals surface area contributed by atoms with Gasteiger partial charge in [-0.2, -0.15) is 0 Å². The molecule has 1 amide bonds. The van der Waals surface area contributed by atoms with Gasteiger partial charge in [0.2, 0.25) is 5.91 Å². The third-order valence-electron chi connectivity index (χ3n) is 4.35. The quantitative estimate of drug-likeness (QED) is 0.900. The number of carbonyl (C=O) groups is 1. The van der Waals surface area contributed by atoms with Crippen molar-refractivity contribution in [3.05, 3.63) is 48.5 Å². The van der Waals surface area contributed by atoms with Crippen molar-refractivity contribution in [2.24, 2.45) is 11.7 Å². The number of hydrogen-bond donors (Lipinski definition) is 1. The molecule has 1 aromatic heterocycles. The lowest BCUT2D eigenvalue weighted by atomic mass is 9.88. The normalized spacial score (nSPS) is 20.7. The number of nitrogens with two attached hydrogens (primary N) is 1. The van der Waals surface area contributed by atoms with E-state index < -0.39 is 18.3 Å². The summed E-state index contributed by atoms with van der Waals surface area (Å²) in [7, 11) is 0. The van der Waals surface area contributed by atoms with E-state index in [9.17, 15) is 18.0 Å². The minimum Gasteiger partial charge on any atom is -0.404 e. The average molecular weight is 366 g/mol. The van der Waals surface area contributed by atoms with Crippen molar-refractivity contribution in [2.45, 2.75) is 25.2 Å². The van der Waals surface area contributed by atoms with Gasteiger partial charge in [0.25, 0.3) is 0 Å². The first kappa shape index (κ1) is 18.0. The molecule has 0 radical (unpaired) electrons. The second-order valence-corrected chi connectivity index (χ2v) is 5.98. The van der Waals surface area contributed by atoms with Crippen molar-refractivity contribution in [3.63, 3.8) is 0 Å². The topological polar surface area (TPSA) is 81.3 Å². The van der Waals surface area contributed by atoms with E-state index in [4.69, 9.17) is 5.73 Å². The molecule has 138 valence electrons. The van der Waals surface area contributed by atoms with Gasteiger partial charge in [-0.3, -0.25) is 4.79 Å². The summed E-state index contributed by atoms with van der Waals surface area (Å²) < 4.78 is 42.4. The van der Waals surface area contributed by atoms with Crippen LogP contribution in [0.5, 0.6) is 5.75 Å². The van der Waals surface area contributed by atoms with E-state index in [-0.39, 0.29) is 17.4 Å². The molecule has 1 aromatic carbocycles. The van der Waals surface area contributed by atoms with E-state index in [0.717, 1.165) is 0 Å². The lowest BCUT2D eigenvalue weighted by molar-refractivity contribution is -0.274. The van der Waals surface area contributed by atoms with Gasteiger partial charge in [-0.15, -0.1) is 13.2 Å². The molecule has 0 saturated carbocycles. The Bertz CT molecular complexity index is 770. The fraction of sp³-hybridized carbons (Fsp3) is 0.353. The highest BCUT2D eigenvalue weighted by Crippen LogP contribution is 2.41. The fourth-order valence-electron chi connectivity index (χ4n) is 3.20. The maximum atomic E-state index is 12.8. The number of primary amides is 1. The Kier molecular flexibility index (Phi) is 4.97. The number of benzene rings is 1. The standard InChI is InChI=1S/C17H17F3N4O2/c18-17(19,20)26-15-4-2-1-3-13(15)24-8-6-11(16(21)25)9-14(24)12-5-7-22-10-23-12/h1-5,7,10-11,14H,6,8-9H2,(H2,21,25). The zero-order valence-electron chi connectivity index (χ0n) is 13.7. The zero-order chi connectivity index (χ0) is 18.7. The Labute approximate surface area is 147 Å². The van der Waals surface area contributed by atoms with Crippen molar-refractivity contribution >= 4 is 11.6 Å². The van der Waals surface area contributed by atoms with Crippen LogP contribution in [0.4, 0.5) is 18.9 Å². The number of para-hydroxylation sites is 2. The largest absolute Gasteiger partial charge is 0.573 e. The summed E-state index contributed by atoms with van der Waals surface area (Å²) in [6.45, 7) is 0.348. The molecule has 2 unspecified atom stereocenters. The first-order chi connectivity index (χ1) is 12.3. The summed E-state index contributed by atoms with van der Waals surface area (Å²) in [5.74, 6) is -1.10. The van der Waals surface area contributed by atoms with Crippen LogP contribution in [0.2, 0.25) is 0 Å². The summed E-state index contributed by atoms with van der Waals surface area (Å²) in [6.07, 6.45) is -1.10. The van der Waals surface area contributed by atoms with Gasteiger partial charge in [0.15, 0.2) is 5.75 Å². The predicted octanol–water partition coefficient (Wildman–Crippen LogP) is 2.82. The van der Waals surface area contributed by atoms with E-state index in [2.05, 4.69) is 14.7 Å². The monoisotopic (exact) mass is 366 g/mol. The van der Waals surface area contributed by atoms with Gasteiger partial charge in [-0.05, 0) is 31.0 Å². The molecule has 1 aliphatic heterocycles. The molecule has 9 heteroatoms. The van der Waals surface area contributed by atoms with Gasteiger partial charge < -0.3 is 15.4 Å². The highest BCUT2D eigenvalue weighted by atomic mass is 19.4. The van der Waals surface area contributed by atoms with E-state index in [1.165, 1.54) is 18.5 Å². The molecule has 2 atom stereocenters. The van der Waals surface area contributed by atoms with Gasteiger partial charge in [0, 0.05) is 18.7 Å². The summed E-state index contributed by atoms with van der Waals surface area (Å²) >= 11 is 0. The molecule has 0 bridgehead atoms. The van der Waals surface area contributed by atoms with E-state index in [1.807, 2.05) is 0 Å². The number of amides is 1. The van der Waals surface area contributed by atoms with Crippen LogP contribution < -0.4 is 15.4 Å². The van der Waals surface area contributed by atoms with Gasteiger partial charge in [0.1, 0.15) is 6.33 Å². The first-order valence-electron chi connectivity index (χ1n) is 8.02. The summed E-state index contributed by atoms with van der Waals surface area (Å²) in [5, 5.41) is 0. The lowest BCUT2D eigenvalue weighted by Crippen LogP contribution is -2.41. The number of piperidine rings is 1. The van der Waals surface area contributed by atoms with Gasteiger partial charge in [-0.25, -0.2) is 9.97 Å². The SMILES string of the molecule is NC(=O)C1CCN(c2ccccc2OC(F)(F)F)C(c2ccncn2)C1. The highest BCUT2D eigenvalue weighted by Gasteiger charge is 2.37. The van der Waals surface area contributed by atoms with Crippen LogP contribution in [0.25, 0.3) is 0 Å². The Morgan fingerprint density at radius 1 is 1.27 bits per heavy atom. The molecule has 2 aromatic rings. The fourth-order valence-corrected chi connectivity index (χ4v) is 3.20. The average Bonchev–Trinajstić information content (AvgIpc) is 2.61. The molecule has 2 N–H and O–H groups in total. The van der Waals surface area contributed by atoms with E-state index in [1.54, 1.807) is 29.3 Å². The molecule has 6 nitrogen and oxygen atoms in total. The van der Waals surface area contributed by atoms with Crippen molar-refractivity contribution in [2.75, 3.05) is 11.4 Å². The van der Waals surface area contributed by atoms with E-state index >= 15 is 0 Å². The number of nitrogens with zero attached hydrogens (tertiary/aromatic N) is 3. The molecule has 0 aliphatic carbocycles. The molecule has 1 fully saturated rings. The molecule has 1 saturated heterocycles. The van der Waals surface area contributed by atoms with Gasteiger partial charge in [0.05, 0.1) is 17.4 Å². The Balaban J connectivity index is 1.98. The predicted molar refractivity (Wildman–Crippen MR) is 87.2 cm³/mol. The minimum absolute atomic E-state index is 0.288. The number of hydrogen-bond acceptors (Lipinski definition) is 5. The van der Waals surface area contributed by atoms with Crippen LogP contribution in [0.15, 0.2) is 42.9 Å². The number of anilines is 1. The Morgan fingerprint density at radius 2 is 2.04 bits per heavy atom. The number of rotatable bonds is 4. The first-order valence-corrected chi connectivity index (χ1v) is 8.02. The maximum absolute atomic E-state index is 12.8. The highest BCUT2D eigenvalue weighted by molar-refractivity contribution is 5.77. The molecule has 2 heterocycles.